The van der Waals surface area contributed by atoms with Crippen LogP contribution in [-0.2, 0) is 0 Å². The zero-order chi connectivity index (χ0) is 14.2. The second kappa shape index (κ2) is 8.08. The summed E-state index contributed by atoms with van der Waals surface area (Å²) in [6, 6.07) is 20.8. The van der Waals surface area contributed by atoms with E-state index >= 15 is 0 Å². The van der Waals surface area contributed by atoms with Crippen LogP contribution in [0.1, 0.15) is 36.3 Å². The highest BCUT2D eigenvalue weighted by molar-refractivity contribution is 6.17. The van der Waals surface area contributed by atoms with Gasteiger partial charge in [-0.25, -0.2) is 0 Å². The van der Waals surface area contributed by atoms with Crippen LogP contribution in [0.3, 0.4) is 0 Å². The van der Waals surface area contributed by atoms with E-state index in [1.165, 1.54) is 11.1 Å². The molecule has 0 heterocycles. The summed E-state index contributed by atoms with van der Waals surface area (Å²) in [4.78, 5) is 0. The van der Waals surface area contributed by atoms with Crippen molar-refractivity contribution in [1.29, 1.82) is 0 Å². The van der Waals surface area contributed by atoms with Crippen LogP contribution in [0.15, 0.2) is 60.7 Å². The number of hydrogen-bond acceptors (Lipinski definition) is 1. The Balaban J connectivity index is 2.17. The zero-order valence-electron chi connectivity index (χ0n) is 11.6. The van der Waals surface area contributed by atoms with Crippen LogP contribution in [0.5, 0.6) is 0 Å². The lowest BCUT2D eigenvalue weighted by Gasteiger charge is -2.21. The first kappa shape index (κ1) is 15.1. The molecule has 106 valence electrons. The first-order valence-corrected chi connectivity index (χ1v) is 7.68. The van der Waals surface area contributed by atoms with Gasteiger partial charge in [-0.15, -0.1) is 11.6 Å². The lowest BCUT2D eigenvalue weighted by atomic mass is 9.86. The monoisotopic (exact) mass is 288 g/mol. The molecule has 0 fully saturated rings. The fourth-order valence-electron chi connectivity index (χ4n) is 2.54. The first-order chi connectivity index (χ1) is 9.81. The van der Waals surface area contributed by atoms with Gasteiger partial charge in [-0.05, 0) is 30.4 Å². The van der Waals surface area contributed by atoms with Gasteiger partial charge in [-0.1, -0.05) is 60.7 Å². The van der Waals surface area contributed by atoms with Gasteiger partial charge in [0.2, 0.25) is 0 Å². The third-order valence-electron chi connectivity index (χ3n) is 3.58. The van der Waals surface area contributed by atoms with Crippen molar-refractivity contribution in [1.82, 2.24) is 0 Å². The fourth-order valence-corrected chi connectivity index (χ4v) is 2.69. The second-order valence-corrected chi connectivity index (χ2v) is 5.47. The molecule has 0 aliphatic carbocycles. The molecule has 1 unspecified atom stereocenters. The molecule has 0 amide bonds. The molecule has 0 spiro atoms. The molecule has 0 saturated carbocycles. The molecule has 0 bridgehead atoms. The first-order valence-electron chi connectivity index (χ1n) is 7.15. The quantitative estimate of drug-likeness (QED) is 0.739. The van der Waals surface area contributed by atoms with Crippen molar-refractivity contribution >= 4 is 11.6 Å². The minimum absolute atomic E-state index is 0.239. The molecule has 0 aliphatic heterocycles. The van der Waals surface area contributed by atoms with Gasteiger partial charge < -0.3 is 5.11 Å². The molecule has 2 rings (SSSR count). The Hall–Kier alpha value is -1.31. The molecule has 0 saturated heterocycles. The SMILES string of the molecule is OC(CCCCl)CC(c1ccccc1)c1ccccc1. The number of hydrogen-bond donors (Lipinski definition) is 1. The van der Waals surface area contributed by atoms with Gasteiger partial charge in [-0.3, -0.25) is 0 Å². The molecular weight excluding hydrogens is 268 g/mol. The molecule has 2 heteroatoms. The largest absolute Gasteiger partial charge is 0.393 e. The average molecular weight is 289 g/mol. The summed E-state index contributed by atoms with van der Waals surface area (Å²) in [5.74, 6) is 0.848. The summed E-state index contributed by atoms with van der Waals surface area (Å²) < 4.78 is 0. The normalized spacial score (nSPS) is 12.6. The van der Waals surface area contributed by atoms with Crippen molar-refractivity contribution in [3.05, 3.63) is 71.8 Å². The third-order valence-corrected chi connectivity index (χ3v) is 3.85. The van der Waals surface area contributed by atoms with Crippen LogP contribution in [0.2, 0.25) is 0 Å². The lowest BCUT2D eigenvalue weighted by molar-refractivity contribution is 0.149. The van der Waals surface area contributed by atoms with Gasteiger partial charge in [0.05, 0.1) is 6.10 Å². The van der Waals surface area contributed by atoms with E-state index in [9.17, 15) is 5.11 Å². The molecule has 0 aromatic heterocycles. The summed E-state index contributed by atoms with van der Waals surface area (Å²) in [5, 5.41) is 10.2. The number of benzene rings is 2. The summed E-state index contributed by atoms with van der Waals surface area (Å²) in [6.07, 6.45) is 2.06. The highest BCUT2D eigenvalue weighted by Gasteiger charge is 2.18. The highest BCUT2D eigenvalue weighted by atomic mass is 35.5. The molecule has 0 radical (unpaired) electrons. The number of halogens is 1. The smallest absolute Gasteiger partial charge is 0.0549 e. The van der Waals surface area contributed by atoms with E-state index in [-0.39, 0.29) is 12.0 Å². The van der Waals surface area contributed by atoms with Crippen LogP contribution in [0, 0.1) is 0 Å². The minimum Gasteiger partial charge on any atom is -0.393 e. The highest BCUT2D eigenvalue weighted by Crippen LogP contribution is 2.30. The van der Waals surface area contributed by atoms with Gasteiger partial charge in [0.1, 0.15) is 0 Å². The third kappa shape index (κ3) is 4.36. The number of alkyl halides is 1. The van der Waals surface area contributed by atoms with Crippen LogP contribution in [-0.4, -0.2) is 17.1 Å². The Morgan fingerprint density at radius 1 is 0.850 bits per heavy atom. The summed E-state index contributed by atoms with van der Waals surface area (Å²) in [5.41, 5.74) is 2.51. The van der Waals surface area contributed by atoms with E-state index in [0.717, 1.165) is 19.3 Å². The van der Waals surface area contributed by atoms with Gasteiger partial charge in [0, 0.05) is 11.8 Å². The summed E-state index contributed by atoms with van der Waals surface area (Å²) in [6.45, 7) is 0. The maximum absolute atomic E-state index is 10.2. The molecule has 0 aliphatic rings. The molecule has 2 aromatic rings. The van der Waals surface area contributed by atoms with E-state index in [0.29, 0.717) is 5.88 Å². The molecule has 20 heavy (non-hydrogen) atoms. The molecule has 1 N–H and O–H groups in total. The van der Waals surface area contributed by atoms with E-state index in [2.05, 4.69) is 48.5 Å². The number of aliphatic hydroxyl groups is 1. The Kier molecular flexibility index (Phi) is 6.10. The summed E-state index contributed by atoms with van der Waals surface area (Å²) in [7, 11) is 0. The van der Waals surface area contributed by atoms with Crippen molar-refractivity contribution in [2.75, 3.05) is 5.88 Å². The van der Waals surface area contributed by atoms with Gasteiger partial charge in [-0.2, -0.15) is 0 Å². The van der Waals surface area contributed by atoms with E-state index in [4.69, 9.17) is 11.6 Å². The van der Waals surface area contributed by atoms with Crippen molar-refractivity contribution in [2.24, 2.45) is 0 Å². The predicted molar refractivity (Wildman–Crippen MR) is 85.3 cm³/mol. The molecule has 1 nitrogen and oxygen atoms in total. The Labute approximate surface area is 126 Å². The maximum atomic E-state index is 10.2. The Morgan fingerprint density at radius 3 is 1.80 bits per heavy atom. The van der Waals surface area contributed by atoms with Gasteiger partial charge in [0.25, 0.3) is 0 Å². The zero-order valence-corrected chi connectivity index (χ0v) is 12.3. The second-order valence-electron chi connectivity index (χ2n) is 5.09. The van der Waals surface area contributed by atoms with Crippen LogP contribution < -0.4 is 0 Å². The molecule has 1 atom stereocenters. The Bertz CT molecular complexity index is 444. The van der Waals surface area contributed by atoms with E-state index in [1.807, 2.05) is 12.1 Å². The van der Waals surface area contributed by atoms with E-state index < -0.39 is 0 Å². The molecular formula is C18H21ClO. The van der Waals surface area contributed by atoms with E-state index in [1.54, 1.807) is 0 Å². The number of aliphatic hydroxyl groups excluding tert-OH is 1. The Morgan fingerprint density at radius 2 is 1.35 bits per heavy atom. The maximum Gasteiger partial charge on any atom is 0.0549 e. The van der Waals surface area contributed by atoms with Crippen LogP contribution in [0.25, 0.3) is 0 Å². The fraction of sp³-hybridized carbons (Fsp3) is 0.333. The predicted octanol–water partition coefficient (Wildman–Crippen LogP) is 4.59. The topological polar surface area (TPSA) is 20.2 Å². The van der Waals surface area contributed by atoms with Crippen molar-refractivity contribution in [3.8, 4) is 0 Å². The van der Waals surface area contributed by atoms with Crippen molar-refractivity contribution in [2.45, 2.75) is 31.3 Å². The summed E-state index contributed by atoms with van der Waals surface area (Å²) >= 11 is 5.71. The standard InChI is InChI=1S/C18H21ClO/c19-13-7-12-17(20)14-18(15-8-3-1-4-9-15)16-10-5-2-6-11-16/h1-6,8-11,17-18,20H,7,12-14H2. The van der Waals surface area contributed by atoms with Gasteiger partial charge >= 0.3 is 0 Å². The number of rotatable bonds is 7. The average Bonchev–Trinajstić information content (AvgIpc) is 2.52. The van der Waals surface area contributed by atoms with Crippen LogP contribution in [0.4, 0.5) is 0 Å². The molecule has 2 aromatic carbocycles. The van der Waals surface area contributed by atoms with Crippen LogP contribution >= 0.6 is 11.6 Å². The van der Waals surface area contributed by atoms with Gasteiger partial charge in [0.15, 0.2) is 0 Å². The minimum atomic E-state index is -0.306. The van der Waals surface area contributed by atoms with Crippen molar-refractivity contribution in [3.63, 3.8) is 0 Å². The lowest BCUT2D eigenvalue weighted by Crippen LogP contribution is -2.13. The van der Waals surface area contributed by atoms with Crippen molar-refractivity contribution < 1.29 is 5.11 Å².